The number of benzene rings is 2. The van der Waals surface area contributed by atoms with Gasteiger partial charge in [-0.25, -0.2) is 25.9 Å². The monoisotopic (exact) mass is 408 g/mol. The van der Waals surface area contributed by atoms with Crippen molar-refractivity contribution in [1.82, 2.24) is 4.72 Å². The highest BCUT2D eigenvalue weighted by Gasteiger charge is 2.36. The third kappa shape index (κ3) is 3.90. The Morgan fingerprint density at radius 1 is 1.11 bits per heavy atom. The number of carbonyl (C=O) groups excluding carboxylic acids is 1. The summed E-state index contributed by atoms with van der Waals surface area (Å²) in [5.74, 6) is -0.748. The molecule has 0 bridgehead atoms. The van der Waals surface area contributed by atoms with Crippen LogP contribution in [0.5, 0.6) is 0 Å². The first-order chi connectivity index (χ1) is 12.6. The maximum absolute atomic E-state index is 12.8. The van der Waals surface area contributed by atoms with Crippen LogP contribution in [0.1, 0.15) is 30.5 Å². The van der Waals surface area contributed by atoms with E-state index in [1.54, 1.807) is 13.8 Å². The zero-order valence-electron chi connectivity index (χ0n) is 14.9. The second-order valence-corrected chi connectivity index (χ2v) is 10.0. The number of nitrogens with one attached hydrogen (secondary N) is 1. The van der Waals surface area contributed by atoms with Crippen LogP contribution in [0.4, 0.5) is 5.69 Å². The summed E-state index contributed by atoms with van der Waals surface area (Å²) < 4.78 is 53.0. The molecule has 1 fully saturated rings. The summed E-state index contributed by atoms with van der Waals surface area (Å²) in [7, 11) is -7.51. The van der Waals surface area contributed by atoms with Crippen LogP contribution in [0.25, 0.3) is 0 Å². The number of nitrogens with zero attached hydrogens (tertiary/aromatic N) is 1. The molecule has 3 rings (SSSR count). The third-order valence-electron chi connectivity index (χ3n) is 4.39. The van der Waals surface area contributed by atoms with Crippen molar-refractivity contribution < 1.29 is 21.6 Å². The lowest BCUT2D eigenvalue weighted by atomic mass is 10.1. The maximum atomic E-state index is 12.8. The fraction of sp³-hybridized carbons (Fsp3) is 0.278. The number of hydrogen-bond acceptors (Lipinski definition) is 5. The Kier molecular flexibility index (Phi) is 5.11. The first kappa shape index (κ1) is 19.5. The number of aryl methyl sites for hydroxylation is 1. The van der Waals surface area contributed by atoms with E-state index in [9.17, 15) is 21.6 Å². The van der Waals surface area contributed by atoms with Gasteiger partial charge in [0.2, 0.25) is 26.0 Å². The molecule has 1 aliphatic heterocycles. The number of sulfonamides is 2. The summed E-state index contributed by atoms with van der Waals surface area (Å²) in [5, 5.41) is 0. The average molecular weight is 409 g/mol. The molecule has 0 saturated carbocycles. The van der Waals surface area contributed by atoms with Crippen molar-refractivity contribution in [2.45, 2.75) is 31.2 Å². The van der Waals surface area contributed by atoms with E-state index in [-0.39, 0.29) is 22.8 Å². The molecular formula is C18H20N2O5S2. The highest BCUT2D eigenvalue weighted by molar-refractivity contribution is 7.94. The Morgan fingerprint density at radius 3 is 2.33 bits per heavy atom. The number of rotatable bonds is 5. The molecule has 1 heterocycles. The third-order valence-corrected chi connectivity index (χ3v) is 7.78. The Balaban J connectivity index is 1.90. The molecule has 1 saturated heterocycles. The van der Waals surface area contributed by atoms with Crippen LogP contribution in [0.15, 0.2) is 53.4 Å². The Labute approximate surface area is 159 Å². The van der Waals surface area contributed by atoms with Gasteiger partial charge in [-0.1, -0.05) is 30.3 Å². The predicted octanol–water partition coefficient (Wildman–Crippen LogP) is 2.10. The average Bonchev–Trinajstić information content (AvgIpc) is 2.87. The predicted molar refractivity (Wildman–Crippen MR) is 102 cm³/mol. The highest BCUT2D eigenvalue weighted by atomic mass is 32.2. The quantitative estimate of drug-likeness (QED) is 0.817. The number of hydrogen-bond donors (Lipinski definition) is 1. The van der Waals surface area contributed by atoms with Gasteiger partial charge in [-0.2, -0.15) is 0 Å². The summed E-state index contributed by atoms with van der Waals surface area (Å²) in [4.78, 5) is 11.9. The topological polar surface area (TPSA) is 101 Å². The molecular weight excluding hydrogens is 388 g/mol. The van der Waals surface area contributed by atoms with Crippen LogP contribution in [-0.2, 0) is 24.8 Å². The van der Waals surface area contributed by atoms with Gasteiger partial charge in [0.1, 0.15) is 0 Å². The molecule has 144 valence electrons. The zero-order chi connectivity index (χ0) is 19.8. The summed E-state index contributed by atoms with van der Waals surface area (Å²) in [6.07, 6.45) is -0.0718. The van der Waals surface area contributed by atoms with E-state index in [1.807, 2.05) is 30.3 Å². The molecule has 1 N–H and O–H groups in total. The van der Waals surface area contributed by atoms with Crippen LogP contribution in [-0.4, -0.2) is 28.5 Å². The van der Waals surface area contributed by atoms with Crippen LogP contribution < -0.4 is 9.03 Å². The Bertz CT molecular complexity index is 1080. The van der Waals surface area contributed by atoms with Gasteiger partial charge in [0.25, 0.3) is 0 Å². The van der Waals surface area contributed by atoms with E-state index >= 15 is 0 Å². The Hall–Kier alpha value is -2.23. The Morgan fingerprint density at radius 2 is 1.78 bits per heavy atom. The van der Waals surface area contributed by atoms with Gasteiger partial charge in [0.05, 0.1) is 16.3 Å². The lowest BCUT2D eigenvalue weighted by molar-refractivity contribution is -0.116. The lowest BCUT2D eigenvalue weighted by Crippen LogP contribution is -2.30. The smallest absolute Gasteiger partial charge is 0.242 e. The van der Waals surface area contributed by atoms with Crippen LogP contribution in [0.2, 0.25) is 0 Å². The first-order valence-corrected chi connectivity index (χ1v) is 11.4. The van der Waals surface area contributed by atoms with Gasteiger partial charge >= 0.3 is 0 Å². The van der Waals surface area contributed by atoms with Crippen molar-refractivity contribution in [2.75, 3.05) is 10.1 Å². The molecule has 0 aliphatic carbocycles. The molecule has 1 amide bonds. The fourth-order valence-corrected chi connectivity index (χ4v) is 5.95. The van der Waals surface area contributed by atoms with Crippen LogP contribution >= 0.6 is 0 Å². The minimum Gasteiger partial charge on any atom is -0.273 e. The van der Waals surface area contributed by atoms with Crippen molar-refractivity contribution in [3.8, 4) is 0 Å². The second-order valence-electron chi connectivity index (χ2n) is 6.43. The van der Waals surface area contributed by atoms with Crippen molar-refractivity contribution in [1.29, 1.82) is 0 Å². The van der Waals surface area contributed by atoms with Gasteiger partial charge in [-0.3, -0.25) is 4.79 Å². The summed E-state index contributed by atoms with van der Waals surface area (Å²) in [6.45, 7) is 3.31. The van der Waals surface area contributed by atoms with E-state index in [4.69, 9.17) is 0 Å². The van der Waals surface area contributed by atoms with Crippen LogP contribution in [0, 0.1) is 6.92 Å². The van der Waals surface area contributed by atoms with Crippen molar-refractivity contribution in [2.24, 2.45) is 0 Å². The molecule has 9 heteroatoms. The summed E-state index contributed by atoms with van der Waals surface area (Å²) in [5.41, 5.74) is 1.34. The summed E-state index contributed by atoms with van der Waals surface area (Å²) in [6, 6.07) is 12.8. The number of anilines is 1. The molecule has 0 radical (unpaired) electrons. The number of carbonyl (C=O) groups is 1. The van der Waals surface area contributed by atoms with E-state index in [1.165, 1.54) is 18.2 Å². The van der Waals surface area contributed by atoms with Crippen molar-refractivity contribution >= 4 is 31.6 Å². The SMILES string of the molecule is Cc1cc(N2C(=O)CCS2(=O)=O)ccc1S(=O)(=O)NC(C)c1ccccc1. The molecule has 1 atom stereocenters. The van der Waals surface area contributed by atoms with Gasteiger partial charge in [-0.05, 0) is 43.2 Å². The van der Waals surface area contributed by atoms with Crippen LogP contribution in [0.3, 0.4) is 0 Å². The minimum atomic E-state index is -3.82. The zero-order valence-corrected chi connectivity index (χ0v) is 16.5. The lowest BCUT2D eigenvalue weighted by Gasteiger charge is -2.18. The summed E-state index contributed by atoms with van der Waals surface area (Å²) >= 11 is 0. The van der Waals surface area contributed by atoms with E-state index < -0.39 is 32.0 Å². The maximum Gasteiger partial charge on any atom is 0.242 e. The van der Waals surface area contributed by atoms with Crippen molar-refractivity contribution in [3.63, 3.8) is 0 Å². The van der Waals surface area contributed by atoms with Gasteiger partial charge < -0.3 is 0 Å². The van der Waals surface area contributed by atoms with E-state index in [0.29, 0.717) is 5.56 Å². The molecule has 2 aromatic carbocycles. The van der Waals surface area contributed by atoms with Gasteiger partial charge in [0.15, 0.2) is 0 Å². The molecule has 2 aromatic rings. The van der Waals surface area contributed by atoms with Gasteiger partial charge in [-0.15, -0.1) is 0 Å². The molecule has 0 spiro atoms. The standard InChI is InChI=1S/C18H20N2O5S2/c1-13-12-16(20-18(21)10-11-26(20,22)23)8-9-17(13)27(24,25)19-14(2)15-6-4-3-5-7-15/h3-9,12,14,19H,10-11H2,1-2H3. The largest absolute Gasteiger partial charge is 0.273 e. The number of amides is 1. The highest BCUT2D eigenvalue weighted by Crippen LogP contribution is 2.29. The molecule has 27 heavy (non-hydrogen) atoms. The molecule has 0 aromatic heterocycles. The van der Waals surface area contributed by atoms with Gasteiger partial charge in [0, 0.05) is 12.5 Å². The molecule has 1 aliphatic rings. The second kappa shape index (κ2) is 7.06. The molecule has 7 nitrogen and oxygen atoms in total. The normalized spacial score (nSPS) is 17.9. The molecule has 1 unspecified atom stereocenters. The first-order valence-electron chi connectivity index (χ1n) is 8.35. The minimum absolute atomic E-state index is 0.0399. The van der Waals surface area contributed by atoms with E-state index in [0.717, 1.165) is 9.87 Å². The van der Waals surface area contributed by atoms with E-state index in [2.05, 4.69) is 4.72 Å². The fourth-order valence-electron chi connectivity index (χ4n) is 3.04. The van der Waals surface area contributed by atoms with Crippen molar-refractivity contribution in [3.05, 3.63) is 59.7 Å².